The number of aromatic nitrogens is 2. The minimum absolute atomic E-state index is 0.0313. The SMILES string of the molecule is CC(C)(CO)Nc1ccc(C(=O)Nc2cccc(N3CCC(O)CC3)n2)c(N2CCC3(CC2)CC3)n1. The third-order valence-electron chi connectivity index (χ3n) is 7.83. The van der Waals surface area contributed by atoms with E-state index in [1.807, 2.05) is 32.0 Å². The van der Waals surface area contributed by atoms with Crippen molar-refractivity contribution >= 4 is 29.2 Å². The van der Waals surface area contributed by atoms with Gasteiger partial charge in [-0.25, -0.2) is 9.97 Å². The summed E-state index contributed by atoms with van der Waals surface area (Å²) in [5.74, 6) is 2.36. The predicted molar refractivity (Wildman–Crippen MR) is 142 cm³/mol. The summed E-state index contributed by atoms with van der Waals surface area (Å²) in [6.45, 7) is 7.05. The molecule has 36 heavy (non-hydrogen) atoms. The van der Waals surface area contributed by atoms with E-state index in [9.17, 15) is 15.0 Å². The number of hydrogen-bond acceptors (Lipinski definition) is 8. The Morgan fingerprint density at radius 1 is 1.00 bits per heavy atom. The van der Waals surface area contributed by atoms with Crippen molar-refractivity contribution in [1.29, 1.82) is 0 Å². The molecule has 2 aromatic rings. The van der Waals surface area contributed by atoms with Crippen LogP contribution in [0.15, 0.2) is 30.3 Å². The Morgan fingerprint density at radius 2 is 1.72 bits per heavy atom. The number of aliphatic hydroxyl groups excluding tert-OH is 2. The van der Waals surface area contributed by atoms with Crippen LogP contribution >= 0.6 is 0 Å². The van der Waals surface area contributed by atoms with Crippen LogP contribution in [0.2, 0.25) is 0 Å². The van der Waals surface area contributed by atoms with Gasteiger partial charge in [-0.1, -0.05) is 6.07 Å². The van der Waals surface area contributed by atoms with Crippen LogP contribution in [0.4, 0.5) is 23.3 Å². The summed E-state index contributed by atoms with van der Waals surface area (Å²) in [5.41, 5.74) is 0.508. The van der Waals surface area contributed by atoms with E-state index in [4.69, 9.17) is 4.98 Å². The number of anilines is 4. The zero-order valence-corrected chi connectivity index (χ0v) is 21.3. The number of rotatable bonds is 7. The quantitative estimate of drug-likeness (QED) is 0.464. The van der Waals surface area contributed by atoms with Crippen molar-refractivity contribution in [1.82, 2.24) is 9.97 Å². The van der Waals surface area contributed by atoms with Crippen molar-refractivity contribution in [2.75, 3.05) is 53.2 Å². The summed E-state index contributed by atoms with van der Waals surface area (Å²) >= 11 is 0. The van der Waals surface area contributed by atoms with Gasteiger partial charge in [-0.05, 0) is 82.1 Å². The highest BCUT2D eigenvalue weighted by Gasteiger charge is 2.45. The fourth-order valence-corrected chi connectivity index (χ4v) is 5.14. The van der Waals surface area contributed by atoms with E-state index in [1.165, 1.54) is 12.8 Å². The van der Waals surface area contributed by atoms with Crippen molar-refractivity contribution in [3.8, 4) is 0 Å². The average Bonchev–Trinajstić information content (AvgIpc) is 3.63. The highest BCUT2D eigenvalue weighted by Crippen LogP contribution is 2.54. The number of aliphatic hydroxyl groups is 2. The number of carbonyl (C=O) groups excluding carboxylic acids is 1. The van der Waals surface area contributed by atoms with Crippen LogP contribution in [-0.4, -0.2) is 70.5 Å². The molecule has 0 atom stereocenters. The summed E-state index contributed by atoms with van der Waals surface area (Å²) in [4.78, 5) is 27.4. The van der Waals surface area contributed by atoms with E-state index in [1.54, 1.807) is 12.1 Å². The number of hydrogen-bond donors (Lipinski definition) is 4. The Labute approximate surface area is 212 Å². The molecule has 4 N–H and O–H groups in total. The van der Waals surface area contributed by atoms with E-state index in [-0.39, 0.29) is 18.6 Å². The number of nitrogens with one attached hydrogen (secondary N) is 2. The van der Waals surface area contributed by atoms with Crippen molar-refractivity contribution < 1.29 is 15.0 Å². The smallest absolute Gasteiger partial charge is 0.260 e. The first-order chi connectivity index (χ1) is 17.3. The maximum atomic E-state index is 13.5. The molecule has 1 amide bonds. The van der Waals surface area contributed by atoms with Gasteiger partial charge in [0.1, 0.15) is 23.3 Å². The summed E-state index contributed by atoms with van der Waals surface area (Å²) in [6.07, 6.45) is 6.07. The van der Waals surface area contributed by atoms with Crippen molar-refractivity contribution in [2.24, 2.45) is 5.41 Å². The lowest BCUT2D eigenvalue weighted by Crippen LogP contribution is -2.38. The summed E-state index contributed by atoms with van der Waals surface area (Å²) in [5, 5.41) is 25.8. The second-order valence-corrected chi connectivity index (χ2v) is 11.3. The van der Waals surface area contributed by atoms with E-state index >= 15 is 0 Å². The third-order valence-corrected chi connectivity index (χ3v) is 7.83. The molecule has 2 saturated heterocycles. The second-order valence-electron chi connectivity index (χ2n) is 11.3. The lowest BCUT2D eigenvalue weighted by molar-refractivity contribution is 0.102. The monoisotopic (exact) mass is 494 g/mol. The molecule has 4 heterocycles. The maximum Gasteiger partial charge on any atom is 0.260 e. The van der Waals surface area contributed by atoms with Gasteiger partial charge < -0.3 is 30.6 Å². The minimum Gasteiger partial charge on any atom is -0.394 e. The van der Waals surface area contributed by atoms with Crippen LogP contribution in [0.5, 0.6) is 0 Å². The van der Waals surface area contributed by atoms with Crippen LogP contribution in [0.1, 0.15) is 62.7 Å². The van der Waals surface area contributed by atoms with Crippen LogP contribution < -0.4 is 20.4 Å². The number of carbonyl (C=O) groups is 1. The summed E-state index contributed by atoms with van der Waals surface area (Å²) in [7, 11) is 0. The Kier molecular flexibility index (Phi) is 6.78. The normalized spacial score (nSPS) is 19.9. The zero-order chi connectivity index (χ0) is 25.3. The molecule has 1 aliphatic carbocycles. The van der Waals surface area contributed by atoms with Gasteiger partial charge in [0.25, 0.3) is 5.91 Å². The topological polar surface area (TPSA) is 114 Å². The predicted octanol–water partition coefficient (Wildman–Crippen LogP) is 3.25. The van der Waals surface area contributed by atoms with Gasteiger partial charge in [-0.15, -0.1) is 0 Å². The van der Waals surface area contributed by atoms with Gasteiger partial charge in [0, 0.05) is 26.2 Å². The fourth-order valence-electron chi connectivity index (χ4n) is 5.14. The van der Waals surface area contributed by atoms with E-state index in [0.29, 0.717) is 28.4 Å². The molecule has 0 radical (unpaired) electrons. The molecule has 3 fully saturated rings. The molecule has 5 rings (SSSR count). The molecule has 3 aliphatic rings. The number of pyridine rings is 2. The Balaban J connectivity index is 1.36. The van der Waals surface area contributed by atoms with Gasteiger partial charge in [-0.2, -0.15) is 0 Å². The van der Waals surface area contributed by atoms with Crippen LogP contribution in [-0.2, 0) is 0 Å². The summed E-state index contributed by atoms with van der Waals surface area (Å²) in [6, 6.07) is 9.23. The van der Waals surface area contributed by atoms with Crippen LogP contribution in [0.25, 0.3) is 0 Å². The first-order valence-corrected chi connectivity index (χ1v) is 13.1. The maximum absolute atomic E-state index is 13.5. The van der Waals surface area contributed by atoms with Gasteiger partial charge in [0.05, 0.1) is 23.8 Å². The van der Waals surface area contributed by atoms with Crippen molar-refractivity contribution in [2.45, 2.75) is 64.0 Å². The number of amides is 1. The molecule has 194 valence electrons. The molecule has 9 nitrogen and oxygen atoms in total. The van der Waals surface area contributed by atoms with E-state index < -0.39 is 5.54 Å². The molecular weight excluding hydrogens is 456 g/mol. The Bertz CT molecular complexity index is 1080. The van der Waals surface area contributed by atoms with E-state index in [2.05, 4.69) is 25.4 Å². The van der Waals surface area contributed by atoms with Gasteiger partial charge in [-0.3, -0.25) is 4.79 Å². The molecule has 0 unspecified atom stereocenters. The standard InChI is InChI=1S/C27H38N6O3/c1-26(2,18-34)31-22-7-6-20(24(29-22)33-16-12-27(10-11-27)13-17-33)25(36)30-21-4-3-5-23(28-21)32-14-8-19(35)9-15-32/h3-7,19,34-35H,8-18H2,1-2H3,(H,29,31)(H,28,30,36). The number of piperidine rings is 2. The first kappa shape index (κ1) is 24.8. The number of nitrogens with zero attached hydrogens (tertiary/aromatic N) is 4. The average molecular weight is 495 g/mol. The molecule has 0 bridgehead atoms. The molecular formula is C27H38N6O3. The van der Waals surface area contributed by atoms with Gasteiger partial charge in [0.15, 0.2) is 0 Å². The molecule has 9 heteroatoms. The first-order valence-electron chi connectivity index (χ1n) is 13.1. The lowest BCUT2D eigenvalue weighted by Gasteiger charge is -2.34. The molecule has 1 spiro atoms. The highest BCUT2D eigenvalue weighted by molar-refractivity contribution is 6.07. The molecule has 0 aromatic carbocycles. The van der Waals surface area contributed by atoms with E-state index in [0.717, 1.165) is 57.7 Å². The highest BCUT2D eigenvalue weighted by atomic mass is 16.3. The van der Waals surface area contributed by atoms with Crippen molar-refractivity contribution in [3.05, 3.63) is 35.9 Å². The lowest BCUT2D eigenvalue weighted by atomic mass is 9.93. The van der Waals surface area contributed by atoms with Crippen molar-refractivity contribution in [3.63, 3.8) is 0 Å². The van der Waals surface area contributed by atoms with Gasteiger partial charge >= 0.3 is 0 Å². The fraction of sp³-hybridized carbons (Fsp3) is 0.593. The van der Waals surface area contributed by atoms with Crippen LogP contribution in [0.3, 0.4) is 0 Å². The molecule has 1 saturated carbocycles. The zero-order valence-electron chi connectivity index (χ0n) is 21.3. The van der Waals surface area contributed by atoms with Crippen LogP contribution in [0, 0.1) is 5.41 Å². The Morgan fingerprint density at radius 3 is 2.39 bits per heavy atom. The molecule has 2 aliphatic heterocycles. The largest absolute Gasteiger partial charge is 0.394 e. The van der Waals surface area contributed by atoms with Gasteiger partial charge in [0.2, 0.25) is 0 Å². The Hall–Kier alpha value is -2.91. The third kappa shape index (κ3) is 5.57. The minimum atomic E-state index is -0.525. The summed E-state index contributed by atoms with van der Waals surface area (Å²) < 4.78 is 0. The molecule has 2 aromatic heterocycles. The second kappa shape index (κ2) is 9.86.